The van der Waals surface area contributed by atoms with Gasteiger partial charge in [0, 0.05) is 36.6 Å². The van der Waals surface area contributed by atoms with Crippen LogP contribution in [0, 0.1) is 5.41 Å². The SMILES string of the molecule is CC(C)(C)OC(=O)N1CC(C)(C(=O)Nc2c[nH]c3ccc(OCCc4ccc(C(F)(F)F)cc4)cc23)C1. The van der Waals surface area contributed by atoms with Crippen molar-refractivity contribution in [1.29, 1.82) is 0 Å². The lowest BCUT2D eigenvalue weighted by atomic mass is 9.81. The zero-order chi connectivity index (χ0) is 27.0. The van der Waals surface area contributed by atoms with E-state index in [0.717, 1.165) is 28.6 Å². The average Bonchev–Trinajstić information content (AvgIpc) is 3.17. The van der Waals surface area contributed by atoms with Crippen molar-refractivity contribution >= 4 is 28.6 Å². The van der Waals surface area contributed by atoms with E-state index < -0.39 is 28.8 Å². The molecule has 0 radical (unpaired) electrons. The highest BCUT2D eigenvalue weighted by atomic mass is 19.4. The Morgan fingerprint density at radius 1 is 1.08 bits per heavy atom. The molecule has 2 amide bonds. The maximum atomic E-state index is 13.0. The first-order valence-electron chi connectivity index (χ1n) is 11.9. The van der Waals surface area contributed by atoms with E-state index >= 15 is 0 Å². The van der Waals surface area contributed by atoms with Crippen LogP contribution in [0.25, 0.3) is 10.9 Å². The van der Waals surface area contributed by atoms with E-state index in [1.165, 1.54) is 17.0 Å². The van der Waals surface area contributed by atoms with Gasteiger partial charge in [-0.2, -0.15) is 13.2 Å². The predicted octanol–water partition coefficient (Wildman–Crippen LogP) is 6.00. The third kappa shape index (κ3) is 6.18. The molecule has 0 spiro atoms. The monoisotopic (exact) mass is 517 g/mol. The number of carbonyl (C=O) groups excluding carboxylic acids is 2. The molecule has 1 saturated heterocycles. The lowest BCUT2D eigenvalue weighted by Crippen LogP contribution is -2.62. The normalized spacial score (nSPS) is 15.3. The molecule has 1 fully saturated rings. The summed E-state index contributed by atoms with van der Waals surface area (Å²) >= 11 is 0. The van der Waals surface area contributed by atoms with Gasteiger partial charge >= 0.3 is 12.3 Å². The number of anilines is 1. The maximum Gasteiger partial charge on any atom is 0.416 e. The Bertz CT molecular complexity index is 1290. The van der Waals surface area contributed by atoms with Gasteiger partial charge in [0.05, 0.1) is 23.3 Å². The van der Waals surface area contributed by atoms with Crippen molar-refractivity contribution < 1.29 is 32.2 Å². The number of H-pyrrole nitrogens is 1. The largest absolute Gasteiger partial charge is 0.493 e. The van der Waals surface area contributed by atoms with Crippen LogP contribution in [0.3, 0.4) is 0 Å². The Labute approximate surface area is 212 Å². The number of aromatic nitrogens is 1. The van der Waals surface area contributed by atoms with Crippen molar-refractivity contribution in [3.8, 4) is 5.75 Å². The minimum Gasteiger partial charge on any atom is -0.493 e. The predicted molar refractivity (Wildman–Crippen MR) is 133 cm³/mol. The van der Waals surface area contributed by atoms with Crippen LogP contribution in [0.2, 0.25) is 0 Å². The van der Waals surface area contributed by atoms with Gasteiger partial charge in [-0.25, -0.2) is 4.79 Å². The van der Waals surface area contributed by atoms with Gasteiger partial charge in [-0.1, -0.05) is 12.1 Å². The van der Waals surface area contributed by atoms with Crippen LogP contribution in [0.1, 0.15) is 38.8 Å². The van der Waals surface area contributed by atoms with Gasteiger partial charge in [-0.3, -0.25) is 4.79 Å². The second-order valence-corrected chi connectivity index (χ2v) is 10.6. The summed E-state index contributed by atoms with van der Waals surface area (Å²) in [5, 5.41) is 3.70. The third-order valence-corrected chi connectivity index (χ3v) is 6.12. The number of alkyl halides is 3. The van der Waals surface area contributed by atoms with Crippen molar-refractivity contribution in [3.05, 3.63) is 59.8 Å². The summed E-state index contributed by atoms with van der Waals surface area (Å²) in [5.74, 6) is 0.363. The van der Waals surface area contributed by atoms with Gasteiger partial charge in [0.1, 0.15) is 11.4 Å². The van der Waals surface area contributed by atoms with Crippen LogP contribution in [-0.4, -0.2) is 47.2 Å². The number of aromatic amines is 1. The van der Waals surface area contributed by atoms with Crippen LogP contribution in [0.15, 0.2) is 48.7 Å². The van der Waals surface area contributed by atoms with E-state index in [4.69, 9.17) is 9.47 Å². The van der Waals surface area contributed by atoms with Crippen molar-refractivity contribution in [2.75, 3.05) is 25.0 Å². The zero-order valence-corrected chi connectivity index (χ0v) is 21.2. The van der Waals surface area contributed by atoms with Crippen molar-refractivity contribution in [3.63, 3.8) is 0 Å². The number of rotatable bonds is 6. The smallest absolute Gasteiger partial charge is 0.416 e. The van der Waals surface area contributed by atoms with Crippen LogP contribution in [0.5, 0.6) is 5.75 Å². The number of hydrogen-bond donors (Lipinski definition) is 2. The van der Waals surface area contributed by atoms with Gasteiger partial charge < -0.3 is 24.7 Å². The quantitative estimate of drug-likeness (QED) is 0.420. The zero-order valence-electron chi connectivity index (χ0n) is 21.2. The van der Waals surface area contributed by atoms with Crippen LogP contribution < -0.4 is 10.1 Å². The first-order valence-corrected chi connectivity index (χ1v) is 11.9. The van der Waals surface area contributed by atoms with E-state index in [1.807, 2.05) is 6.07 Å². The number of amides is 2. The number of hydrogen-bond acceptors (Lipinski definition) is 4. The molecule has 2 N–H and O–H groups in total. The summed E-state index contributed by atoms with van der Waals surface area (Å²) in [6, 6.07) is 10.4. The Balaban J connectivity index is 1.34. The van der Waals surface area contributed by atoms with E-state index in [1.54, 1.807) is 46.0 Å². The summed E-state index contributed by atoms with van der Waals surface area (Å²) < 4.78 is 49.3. The van der Waals surface area contributed by atoms with Gasteiger partial charge in [-0.15, -0.1) is 0 Å². The van der Waals surface area contributed by atoms with Crippen molar-refractivity contribution in [1.82, 2.24) is 9.88 Å². The lowest BCUT2D eigenvalue weighted by molar-refractivity contribution is -0.137. The van der Waals surface area contributed by atoms with Crippen molar-refractivity contribution in [2.45, 2.75) is 45.9 Å². The molecule has 198 valence electrons. The fourth-order valence-corrected chi connectivity index (χ4v) is 4.11. The van der Waals surface area contributed by atoms with E-state index in [-0.39, 0.29) is 25.6 Å². The number of halogens is 3. The summed E-state index contributed by atoms with van der Waals surface area (Å²) in [7, 11) is 0. The Morgan fingerprint density at radius 2 is 1.76 bits per heavy atom. The van der Waals surface area contributed by atoms with Crippen LogP contribution in [-0.2, 0) is 22.1 Å². The highest BCUT2D eigenvalue weighted by molar-refractivity contribution is 6.04. The minimum absolute atomic E-state index is 0.207. The fraction of sp³-hybridized carbons (Fsp3) is 0.407. The number of nitrogens with zero attached hydrogens (tertiary/aromatic N) is 1. The molecule has 37 heavy (non-hydrogen) atoms. The molecular formula is C27H30F3N3O4. The molecule has 0 aliphatic carbocycles. The number of benzene rings is 2. The average molecular weight is 518 g/mol. The standard InChI is InChI=1S/C27H30F3N3O4/c1-25(2,3)37-24(35)33-15-26(4,16-33)23(34)32-22-14-31-21-10-9-19(13-20(21)22)36-12-11-17-5-7-18(8-6-17)27(28,29)30/h5-10,13-14,31H,11-12,15-16H2,1-4H3,(H,32,34). The van der Waals surface area contributed by atoms with Gasteiger partial charge in [0.2, 0.25) is 5.91 Å². The summed E-state index contributed by atoms with van der Waals surface area (Å²) in [6.45, 7) is 7.97. The molecule has 3 aromatic rings. The molecule has 0 saturated carbocycles. The third-order valence-electron chi connectivity index (χ3n) is 6.12. The maximum absolute atomic E-state index is 13.0. The summed E-state index contributed by atoms with van der Waals surface area (Å²) in [4.78, 5) is 29.8. The number of carbonyl (C=O) groups is 2. The molecule has 2 heterocycles. The first kappa shape index (κ1) is 26.4. The molecule has 7 nitrogen and oxygen atoms in total. The molecule has 1 aromatic heterocycles. The number of ether oxygens (including phenoxy) is 2. The van der Waals surface area contributed by atoms with Crippen LogP contribution >= 0.6 is 0 Å². The molecule has 1 aliphatic rings. The van der Waals surface area contributed by atoms with Crippen molar-refractivity contribution in [2.24, 2.45) is 5.41 Å². The van der Waals surface area contributed by atoms with Gasteiger partial charge in [-0.05, 0) is 63.6 Å². The highest BCUT2D eigenvalue weighted by Gasteiger charge is 2.48. The second-order valence-electron chi connectivity index (χ2n) is 10.6. The molecular weight excluding hydrogens is 487 g/mol. The topological polar surface area (TPSA) is 83.7 Å². The number of likely N-dealkylation sites (tertiary alicyclic amines) is 1. The van der Waals surface area contributed by atoms with E-state index in [0.29, 0.717) is 17.9 Å². The second kappa shape index (κ2) is 9.64. The Kier molecular flexibility index (Phi) is 6.87. The van der Waals surface area contributed by atoms with E-state index in [9.17, 15) is 22.8 Å². The molecule has 2 aromatic carbocycles. The molecule has 0 bridgehead atoms. The highest BCUT2D eigenvalue weighted by Crippen LogP contribution is 2.34. The Morgan fingerprint density at radius 3 is 2.38 bits per heavy atom. The molecule has 0 atom stereocenters. The van der Waals surface area contributed by atoms with Gasteiger partial charge in [0.25, 0.3) is 0 Å². The molecule has 10 heteroatoms. The Hall–Kier alpha value is -3.69. The molecule has 1 aliphatic heterocycles. The number of nitrogens with one attached hydrogen (secondary N) is 2. The minimum atomic E-state index is -4.36. The molecule has 4 rings (SSSR count). The first-order chi connectivity index (χ1) is 17.2. The summed E-state index contributed by atoms with van der Waals surface area (Å²) in [6.07, 6.45) is -2.66. The van der Waals surface area contributed by atoms with E-state index in [2.05, 4.69) is 10.3 Å². The number of fused-ring (bicyclic) bond motifs is 1. The summed E-state index contributed by atoms with van der Waals surface area (Å²) in [5.41, 5.74) is 0.101. The van der Waals surface area contributed by atoms with Gasteiger partial charge in [0.15, 0.2) is 0 Å². The lowest BCUT2D eigenvalue weighted by Gasteiger charge is -2.46. The van der Waals surface area contributed by atoms with Crippen LogP contribution in [0.4, 0.5) is 23.7 Å². The molecule has 0 unspecified atom stereocenters. The fourth-order valence-electron chi connectivity index (χ4n) is 4.11.